The summed E-state index contributed by atoms with van der Waals surface area (Å²) in [6.45, 7) is 2.50. The average Bonchev–Trinajstić information content (AvgIpc) is 2.84. The van der Waals surface area contributed by atoms with Crippen molar-refractivity contribution in [2.75, 3.05) is 25.4 Å². The molecule has 2 aliphatic heterocycles. The van der Waals surface area contributed by atoms with E-state index in [1.165, 1.54) is 20.9 Å². The van der Waals surface area contributed by atoms with Crippen LogP contribution in [0, 0.1) is 0 Å². The third kappa shape index (κ3) is 3.71. The molecule has 0 fully saturated rings. The Morgan fingerprint density at radius 2 is 1.70 bits per heavy atom. The average molecular weight is 445 g/mol. The van der Waals surface area contributed by atoms with Crippen LogP contribution in [0.25, 0.3) is 0 Å². The van der Waals surface area contributed by atoms with Crippen molar-refractivity contribution in [1.29, 1.82) is 0 Å². The Balaban J connectivity index is 1.39. The number of carbonyl (C=O) groups excluding carboxylic acids is 2. The Hall–Kier alpha value is -1.63. The van der Waals surface area contributed by atoms with Crippen LogP contribution in [-0.2, 0) is 12.8 Å². The maximum Gasteiger partial charge on any atom is 0.261 e. The first-order valence-electron chi connectivity index (χ1n) is 9.26. The van der Waals surface area contributed by atoms with Crippen LogP contribution < -0.4 is 5.32 Å². The number of fused-ring (bicyclic) bond motifs is 2. The zero-order valence-corrected chi connectivity index (χ0v) is 17.4. The second kappa shape index (κ2) is 8.17. The van der Waals surface area contributed by atoms with Gasteiger partial charge in [-0.15, -0.1) is 11.8 Å². The molecule has 4 nitrogen and oxygen atoms in total. The molecule has 0 aliphatic carbocycles. The molecule has 0 unspecified atom stereocenters. The van der Waals surface area contributed by atoms with E-state index in [9.17, 15) is 9.59 Å². The lowest BCUT2D eigenvalue weighted by atomic mass is 10.0. The Bertz CT molecular complexity index is 865. The van der Waals surface area contributed by atoms with Crippen LogP contribution in [0.1, 0.15) is 38.3 Å². The molecule has 1 N–H and O–H groups in total. The van der Waals surface area contributed by atoms with E-state index in [0.29, 0.717) is 17.7 Å². The van der Waals surface area contributed by atoms with Gasteiger partial charge in [-0.3, -0.25) is 14.5 Å². The first kappa shape index (κ1) is 18.7. The lowest BCUT2D eigenvalue weighted by molar-refractivity contribution is 0.0655. The predicted octanol–water partition coefficient (Wildman–Crippen LogP) is 3.92. The van der Waals surface area contributed by atoms with Gasteiger partial charge in [-0.1, -0.05) is 18.2 Å². The van der Waals surface area contributed by atoms with Crippen molar-refractivity contribution in [3.8, 4) is 0 Å². The lowest BCUT2D eigenvalue weighted by Gasteiger charge is -2.16. The molecule has 0 aromatic heterocycles. The van der Waals surface area contributed by atoms with Crippen LogP contribution in [0.5, 0.6) is 0 Å². The number of hydrogen-bond donors (Lipinski definition) is 1. The fourth-order valence-electron chi connectivity index (χ4n) is 3.70. The molecule has 0 saturated heterocycles. The number of halogens is 1. The summed E-state index contributed by atoms with van der Waals surface area (Å²) in [6, 6.07) is 11.4. The number of rotatable bonds is 5. The van der Waals surface area contributed by atoms with Gasteiger partial charge in [0.1, 0.15) is 0 Å². The molecule has 2 heterocycles. The minimum atomic E-state index is -0.165. The van der Waals surface area contributed by atoms with Crippen LogP contribution in [0.3, 0.4) is 0 Å². The van der Waals surface area contributed by atoms with Crippen molar-refractivity contribution in [2.45, 2.75) is 24.2 Å². The molecule has 0 saturated carbocycles. The minimum Gasteiger partial charge on any atom is -0.316 e. The number of hydrogen-bond acceptors (Lipinski definition) is 4. The van der Waals surface area contributed by atoms with Gasteiger partial charge in [0.25, 0.3) is 11.8 Å². The van der Waals surface area contributed by atoms with Crippen LogP contribution in [0.4, 0.5) is 0 Å². The summed E-state index contributed by atoms with van der Waals surface area (Å²) in [6.07, 6.45) is 2.88. The summed E-state index contributed by atoms with van der Waals surface area (Å²) < 4.78 is 1.13. The first-order valence-corrected chi connectivity index (χ1v) is 11.0. The molecule has 0 radical (unpaired) electrons. The zero-order valence-electron chi connectivity index (χ0n) is 15.0. The Morgan fingerprint density at radius 3 is 2.44 bits per heavy atom. The highest BCUT2D eigenvalue weighted by molar-refractivity contribution is 9.10. The summed E-state index contributed by atoms with van der Waals surface area (Å²) in [7, 11) is 0. The van der Waals surface area contributed by atoms with Gasteiger partial charge < -0.3 is 5.32 Å². The van der Waals surface area contributed by atoms with Crippen molar-refractivity contribution in [2.24, 2.45) is 0 Å². The Labute approximate surface area is 171 Å². The smallest absolute Gasteiger partial charge is 0.261 e. The van der Waals surface area contributed by atoms with E-state index in [-0.39, 0.29) is 11.8 Å². The van der Waals surface area contributed by atoms with E-state index < -0.39 is 0 Å². The van der Waals surface area contributed by atoms with Crippen molar-refractivity contribution in [3.05, 3.63) is 63.1 Å². The van der Waals surface area contributed by atoms with Gasteiger partial charge in [0, 0.05) is 15.9 Å². The van der Waals surface area contributed by atoms with Crippen molar-refractivity contribution in [3.63, 3.8) is 0 Å². The molecule has 0 atom stereocenters. The second-order valence-electron chi connectivity index (χ2n) is 6.77. The molecule has 2 aromatic rings. The lowest BCUT2D eigenvalue weighted by Crippen LogP contribution is -2.31. The number of imide groups is 1. The molecule has 4 rings (SSSR count). The van der Waals surface area contributed by atoms with E-state index in [1.807, 2.05) is 11.8 Å². The molecule has 140 valence electrons. The molecule has 2 amide bonds. The van der Waals surface area contributed by atoms with Gasteiger partial charge in [0.05, 0.1) is 11.1 Å². The van der Waals surface area contributed by atoms with E-state index in [0.717, 1.165) is 42.6 Å². The van der Waals surface area contributed by atoms with Gasteiger partial charge in [0.2, 0.25) is 0 Å². The summed E-state index contributed by atoms with van der Waals surface area (Å²) in [5.74, 6) is 0.540. The van der Waals surface area contributed by atoms with Crippen LogP contribution >= 0.6 is 27.7 Å². The number of nitrogens with one attached hydrogen (secondary N) is 1. The number of thioether (sulfide) groups is 1. The molecule has 2 aliphatic rings. The fourth-order valence-corrected chi connectivity index (χ4v) is 5.51. The largest absolute Gasteiger partial charge is 0.316 e. The highest BCUT2D eigenvalue weighted by Crippen LogP contribution is 2.35. The number of benzene rings is 2. The monoisotopic (exact) mass is 444 g/mol. The quantitative estimate of drug-likeness (QED) is 0.431. The molecule has 0 bridgehead atoms. The van der Waals surface area contributed by atoms with Crippen molar-refractivity contribution < 1.29 is 9.59 Å². The Kier molecular flexibility index (Phi) is 5.66. The maximum atomic E-state index is 12.4. The summed E-state index contributed by atoms with van der Waals surface area (Å²) in [4.78, 5) is 27.6. The fraction of sp³-hybridized carbons (Fsp3) is 0.333. The normalized spacial score (nSPS) is 16.3. The van der Waals surface area contributed by atoms with Crippen LogP contribution in [0.15, 0.2) is 45.8 Å². The van der Waals surface area contributed by atoms with E-state index in [1.54, 1.807) is 24.3 Å². The molecule has 6 heteroatoms. The van der Waals surface area contributed by atoms with Crippen LogP contribution in [-0.4, -0.2) is 42.1 Å². The topological polar surface area (TPSA) is 49.4 Å². The summed E-state index contributed by atoms with van der Waals surface area (Å²) >= 11 is 5.51. The van der Waals surface area contributed by atoms with Crippen LogP contribution in [0.2, 0.25) is 0 Å². The second-order valence-corrected chi connectivity index (χ2v) is 8.73. The number of carbonyl (C=O) groups is 2. The highest BCUT2D eigenvalue weighted by atomic mass is 79.9. The standard InChI is InChI=1S/C21H21BrN2O2S/c22-18-7-6-14-8-10-23-11-9-15(14)19(18)27-13-3-12-24-20(25)16-4-1-2-5-17(16)21(24)26/h1-2,4-7,23H,3,8-13H2. The third-order valence-corrected chi connectivity index (χ3v) is 7.25. The molecular weight excluding hydrogens is 424 g/mol. The summed E-state index contributed by atoms with van der Waals surface area (Å²) in [5, 5.41) is 3.46. The van der Waals surface area contributed by atoms with Gasteiger partial charge in [0.15, 0.2) is 0 Å². The third-order valence-electron chi connectivity index (χ3n) is 5.08. The van der Waals surface area contributed by atoms with Crippen molar-refractivity contribution in [1.82, 2.24) is 10.2 Å². The van der Waals surface area contributed by atoms with E-state index in [2.05, 4.69) is 33.4 Å². The van der Waals surface area contributed by atoms with Gasteiger partial charge in [-0.05, 0) is 83.4 Å². The molecule has 27 heavy (non-hydrogen) atoms. The molecular formula is C21H21BrN2O2S. The SMILES string of the molecule is O=C1c2ccccc2C(=O)N1CCCSc1c(Br)ccc2c1CCNCC2. The summed E-state index contributed by atoms with van der Waals surface area (Å²) in [5.41, 5.74) is 3.91. The number of nitrogens with zero attached hydrogens (tertiary/aromatic N) is 1. The highest BCUT2D eigenvalue weighted by Gasteiger charge is 2.34. The molecule has 2 aromatic carbocycles. The molecule has 0 spiro atoms. The van der Waals surface area contributed by atoms with E-state index >= 15 is 0 Å². The van der Waals surface area contributed by atoms with Gasteiger partial charge in [-0.2, -0.15) is 0 Å². The Morgan fingerprint density at radius 1 is 1.00 bits per heavy atom. The predicted molar refractivity (Wildman–Crippen MR) is 112 cm³/mol. The van der Waals surface area contributed by atoms with Crippen molar-refractivity contribution >= 4 is 39.5 Å². The van der Waals surface area contributed by atoms with Gasteiger partial charge in [-0.25, -0.2) is 0 Å². The van der Waals surface area contributed by atoms with Gasteiger partial charge >= 0.3 is 0 Å². The maximum absolute atomic E-state index is 12.4. The first-order chi connectivity index (χ1) is 13.2. The van der Waals surface area contributed by atoms with E-state index in [4.69, 9.17) is 0 Å². The number of amides is 2. The zero-order chi connectivity index (χ0) is 18.8. The minimum absolute atomic E-state index is 0.165.